The van der Waals surface area contributed by atoms with Gasteiger partial charge in [-0.2, -0.15) is 0 Å². The zero-order valence-corrected chi connectivity index (χ0v) is 13.7. The molecule has 0 radical (unpaired) electrons. The molecule has 1 aromatic rings. The van der Waals surface area contributed by atoms with E-state index in [0.29, 0.717) is 24.4 Å². The molecular weight excluding hydrogens is 288 g/mol. The molecule has 0 saturated heterocycles. The summed E-state index contributed by atoms with van der Waals surface area (Å²) in [5.41, 5.74) is 7.87. The summed E-state index contributed by atoms with van der Waals surface area (Å²) in [6, 6.07) is 3.49. The Labute approximate surface area is 126 Å². The van der Waals surface area contributed by atoms with Gasteiger partial charge in [-0.05, 0) is 55.7 Å². The standard InChI is InChI=1S/C15H24N2O3S/c1-11-4-5-13(16)14(12(11)2)21(18,19)17-10-15(6-7-15)8-9-20-3/h4-5,17H,6-10,16H2,1-3H3. The van der Waals surface area contributed by atoms with E-state index in [1.54, 1.807) is 20.1 Å². The lowest BCUT2D eigenvalue weighted by Gasteiger charge is -2.18. The Bertz CT molecular complexity index is 622. The third kappa shape index (κ3) is 3.56. The molecule has 0 unspecified atom stereocenters. The van der Waals surface area contributed by atoms with E-state index in [-0.39, 0.29) is 10.3 Å². The summed E-state index contributed by atoms with van der Waals surface area (Å²) in [6.45, 7) is 4.78. The van der Waals surface area contributed by atoms with E-state index in [2.05, 4.69) is 4.72 Å². The van der Waals surface area contributed by atoms with Crippen LogP contribution < -0.4 is 10.5 Å². The number of nitrogens with two attached hydrogens (primary N) is 1. The molecule has 0 bridgehead atoms. The summed E-state index contributed by atoms with van der Waals surface area (Å²) >= 11 is 0. The number of sulfonamides is 1. The molecule has 2 rings (SSSR count). The Morgan fingerprint density at radius 2 is 2.00 bits per heavy atom. The highest BCUT2D eigenvalue weighted by Gasteiger charge is 2.42. The molecule has 5 nitrogen and oxygen atoms in total. The number of methoxy groups -OCH3 is 1. The zero-order valence-electron chi connectivity index (χ0n) is 12.9. The average Bonchev–Trinajstić information content (AvgIpc) is 3.20. The number of hydrogen-bond acceptors (Lipinski definition) is 4. The number of hydrogen-bond donors (Lipinski definition) is 2. The highest BCUT2D eigenvalue weighted by molar-refractivity contribution is 7.89. The van der Waals surface area contributed by atoms with Crippen molar-refractivity contribution in [2.45, 2.75) is 38.0 Å². The Morgan fingerprint density at radius 1 is 1.33 bits per heavy atom. The largest absolute Gasteiger partial charge is 0.398 e. The number of benzene rings is 1. The van der Waals surface area contributed by atoms with Crippen molar-refractivity contribution in [3.8, 4) is 0 Å². The summed E-state index contributed by atoms with van der Waals surface area (Å²) in [5.74, 6) is 0. The molecule has 0 amide bonds. The number of nitrogens with one attached hydrogen (secondary N) is 1. The Hall–Kier alpha value is -1.11. The van der Waals surface area contributed by atoms with Gasteiger partial charge in [-0.3, -0.25) is 0 Å². The van der Waals surface area contributed by atoms with Gasteiger partial charge in [0.2, 0.25) is 10.0 Å². The SMILES string of the molecule is COCCC1(CNS(=O)(=O)c2c(N)ccc(C)c2C)CC1. The van der Waals surface area contributed by atoms with Gasteiger partial charge < -0.3 is 10.5 Å². The van der Waals surface area contributed by atoms with Gasteiger partial charge in [0.15, 0.2) is 0 Å². The van der Waals surface area contributed by atoms with E-state index in [1.165, 1.54) is 0 Å². The third-order valence-corrected chi connectivity index (χ3v) is 6.01. The number of rotatable bonds is 7. The lowest BCUT2D eigenvalue weighted by Crippen LogP contribution is -2.32. The predicted octanol–water partition coefficient (Wildman–Crippen LogP) is 1.98. The van der Waals surface area contributed by atoms with Crippen LogP contribution in [-0.2, 0) is 14.8 Å². The Balaban J connectivity index is 2.15. The molecule has 1 aliphatic carbocycles. The van der Waals surface area contributed by atoms with Crippen LogP contribution in [-0.4, -0.2) is 28.7 Å². The highest BCUT2D eigenvalue weighted by Crippen LogP contribution is 2.48. The topological polar surface area (TPSA) is 81.4 Å². The molecule has 0 aromatic heterocycles. The molecule has 0 heterocycles. The number of nitrogen functional groups attached to an aromatic ring is 1. The van der Waals surface area contributed by atoms with Crippen LogP contribution >= 0.6 is 0 Å². The van der Waals surface area contributed by atoms with Crippen molar-refractivity contribution in [3.05, 3.63) is 23.3 Å². The molecule has 0 aliphatic heterocycles. The first kappa shape index (κ1) is 16.3. The Kier molecular flexibility index (Phi) is 4.60. The zero-order chi connectivity index (χ0) is 15.7. The fourth-order valence-corrected chi connectivity index (χ4v) is 4.08. The summed E-state index contributed by atoms with van der Waals surface area (Å²) in [7, 11) is -1.91. The molecule has 1 aromatic carbocycles. The maximum atomic E-state index is 12.6. The number of aryl methyl sites for hydroxylation is 1. The summed E-state index contributed by atoms with van der Waals surface area (Å²) < 4.78 is 32.9. The average molecular weight is 312 g/mol. The first-order valence-corrected chi connectivity index (χ1v) is 8.64. The van der Waals surface area contributed by atoms with E-state index in [1.807, 2.05) is 13.0 Å². The molecular formula is C15H24N2O3S. The van der Waals surface area contributed by atoms with Gasteiger partial charge in [0.05, 0.1) is 5.69 Å². The second-order valence-corrected chi connectivity index (χ2v) is 7.70. The van der Waals surface area contributed by atoms with Crippen molar-refractivity contribution < 1.29 is 13.2 Å². The van der Waals surface area contributed by atoms with Crippen LogP contribution in [0.3, 0.4) is 0 Å². The summed E-state index contributed by atoms with van der Waals surface area (Å²) in [4.78, 5) is 0.213. The van der Waals surface area contributed by atoms with Gasteiger partial charge in [-0.25, -0.2) is 13.1 Å². The predicted molar refractivity (Wildman–Crippen MR) is 83.7 cm³/mol. The third-order valence-electron chi connectivity index (χ3n) is 4.41. The quantitative estimate of drug-likeness (QED) is 0.754. The summed E-state index contributed by atoms with van der Waals surface area (Å²) in [6.07, 6.45) is 2.97. The van der Waals surface area contributed by atoms with Crippen molar-refractivity contribution in [1.82, 2.24) is 4.72 Å². The van der Waals surface area contributed by atoms with Crippen LogP contribution in [0.25, 0.3) is 0 Å². The number of anilines is 1. The van der Waals surface area contributed by atoms with Gasteiger partial charge in [-0.15, -0.1) is 0 Å². The van der Waals surface area contributed by atoms with E-state index in [4.69, 9.17) is 10.5 Å². The van der Waals surface area contributed by atoms with E-state index in [9.17, 15) is 8.42 Å². The van der Waals surface area contributed by atoms with Crippen molar-refractivity contribution in [2.24, 2.45) is 5.41 Å². The molecule has 1 fully saturated rings. The summed E-state index contributed by atoms with van der Waals surface area (Å²) in [5, 5.41) is 0. The molecule has 1 saturated carbocycles. The van der Waals surface area contributed by atoms with Gasteiger partial charge in [-0.1, -0.05) is 6.07 Å². The Morgan fingerprint density at radius 3 is 2.57 bits per heavy atom. The molecule has 21 heavy (non-hydrogen) atoms. The fraction of sp³-hybridized carbons (Fsp3) is 0.600. The van der Waals surface area contributed by atoms with Crippen molar-refractivity contribution in [2.75, 3.05) is 26.0 Å². The van der Waals surface area contributed by atoms with Crippen LogP contribution in [0.15, 0.2) is 17.0 Å². The van der Waals surface area contributed by atoms with Crippen LogP contribution in [0.2, 0.25) is 0 Å². The van der Waals surface area contributed by atoms with Crippen molar-refractivity contribution in [3.63, 3.8) is 0 Å². The lowest BCUT2D eigenvalue weighted by atomic mass is 10.0. The van der Waals surface area contributed by atoms with E-state index < -0.39 is 10.0 Å². The first-order chi connectivity index (χ1) is 9.81. The molecule has 3 N–H and O–H groups in total. The fourth-order valence-electron chi connectivity index (χ4n) is 2.50. The van der Waals surface area contributed by atoms with Gasteiger partial charge in [0.1, 0.15) is 4.90 Å². The normalized spacial score (nSPS) is 16.9. The van der Waals surface area contributed by atoms with Crippen LogP contribution in [0.5, 0.6) is 0 Å². The van der Waals surface area contributed by atoms with Crippen LogP contribution in [0.1, 0.15) is 30.4 Å². The maximum Gasteiger partial charge on any atom is 0.242 e. The van der Waals surface area contributed by atoms with Crippen molar-refractivity contribution in [1.29, 1.82) is 0 Å². The molecule has 6 heteroatoms. The van der Waals surface area contributed by atoms with Crippen molar-refractivity contribution >= 4 is 15.7 Å². The van der Waals surface area contributed by atoms with Crippen LogP contribution in [0.4, 0.5) is 5.69 Å². The second-order valence-electron chi connectivity index (χ2n) is 5.99. The van der Waals surface area contributed by atoms with Gasteiger partial charge >= 0.3 is 0 Å². The highest BCUT2D eigenvalue weighted by atomic mass is 32.2. The van der Waals surface area contributed by atoms with E-state index >= 15 is 0 Å². The first-order valence-electron chi connectivity index (χ1n) is 7.16. The number of ether oxygens (including phenoxy) is 1. The molecule has 0 spiro atoms. The van der Waals surface area contributed by atoms with E-state index in [0.717, 1.165) is 24.8 Å². The van der Waals surface area contributed by atoms with Crippen LogP contribution in [0, 0.1) is 19.3 Å². The van der Waals surface area contributed by atoms with Gasteiger partial charge in [0.25, 0.3) is 0 Å². The lowest BCUT2D eigenvalue weighted by molar-refractivity contribution is 0.173. The molecule has 1 aliphatic rings. The monoisotopic (exact) mass is 312 g/mol. The smallest absolute Gasteiger partial charge is 0.242 e. The maximum absolute atomic E-state index is 12.6. The van der Waals surface area contributed by atoms with Gasteiger partial charge in [0, 0.05) is 20.3 Å². The minimum Gasteiger partial charge on any atom is -0.398 e. The second kappa shape index (κ2) is 5.94. The molecule has 0 atom stereocenters. The minimum absolute atomic E-state index is 0.0651. The molecule has 118 valence electrons. The minimum atomic E-state index is -3.58.